The summed E-state index contributed by atoms with van der Waals surface area (Å²) in [5, 5.41) is 5.00. The lowest BCUT2D eigenvalue weighted by atomic mass is 9.79. The van der Waals surface area contributed by atoms with Crippen molar-refractivity contribution >= 4 is 29.2 Å². The van der Waals surface area contributed by atoms with Crippen molar-refractivity contribution in [3.8, 4) is 11.5 Å². The van der Waals surface area contributed by atoms with Crippen LogP contribution in [0.15, 0.2) is 60.9 Å². The molecule has 1 aliphatic carbocycles. The predicted molar refractivity (Wildman–Crippen MR) is 205 cm³/mol. The molecule has 4 aliphatic rings. The highest BCUT2D eigenvalue weighted by molar-refractivity contribution is 6.06. The van der Waals surface area contributed by atoms with E-state index in [1.54, 1.807) is 12.3 Å². The number of hydrogen-bond acceptors (Lipinski definition) is 9. The second kappa shape index (κ2) is 15.9. The van der Waals surface area contributed by atoms with E-state index in [4.69, 9.17) is 14.5 Å². The van der Waals surface area contributed by atoms with Gasteiger partial charge in [-0.05, 0) is 94.7 Å². The van der Waals surface area contributed by atoms with E-state index in [0.717, 1.165) is 64.1 Å². The van der Waals surface area contributed by atoms with Crippen LogP contribution in [-0.2, 0) is 16.1 Å². The number of carbonyl (C=O) groups excluding carboxylic acids is 3. The van der Waals surface area contributed by atoms with Crippen molar-refractivity contribution < 1.29 is 32.6 Å². The van der Waals surface area contributed by atoms with Crippen molar-refractivity contribution in [2.45, 2.75) is 102 Å². The predicted octanol–water partition coefficient (Wildman–Crippen LogP) is 6.51. The number of likely N-dealkylation sites (tertiary alicyclic amines) is 2. The van der Waals surface area contributed by atoms with Gasteiger partial charge in [0.25, 0.3) is 18.2 Å². The zero-order valence-electron chi connectivity index (χ0n) is 31.9. The lowest BCUT2D eigenvalue weighted by Crippen LogP contribution is -2.67. The summed E-state index contributed by atoms with van der Waals surface area (Å²) >= 11 is 0. The van der Waals surface area contributed by atoms with Gasteiger partial charge in [0.2, 0.25) is 5.91 Å². The number of halogens is 2. The van der Waals surface area contributed by atoms with Crippen molar-refractivity contribution in [3.63, 3.8) is 0 Å². The molecule has 14 heteroatoms. The summed E-state index contributed by atoms with van der Waals surface area (Å²) in [5.41, 5.74) is 3.02. The molecule has 2 N–H and O–H groups in total. The third-order valence-electron chi connectivity index (χ3n) is 11.7. The number of benzene rings is 1. The molecule has 0 radical (unpaired) electrons. The van der Waals surface area contributed by atoms with Crippen LogP contribution in [0.3, 0.4) is 0 Å². The quantitative estimate of drug-likeness (QED) is 0.155. The van der Waals surface area contributed by atoms with Crippen molar-refractivity contribution in [1.82, 2.24) is 29.5 Å². The van der Waals surface area contributed by atoms with E-state index in [-0.39, 0.29) is 34.8 Å². The number of aromatic nitrogens is 3. The number of hydrogen-bond donors (Lipinski definition) is 2. The molecular weight excluding hydrogens is 721 g/mol. The zero-order valence-corrected chi connectivity index (χ0v) is 31.9. The average Bonchev–Trinajstić information content (AvgIpc) is 3.77. The van der Waals surface area contributed by atoms with E-state index in [9.17, 15) is 23.2 Å². The molecule has 4 aromatic rings. The molecule has 1 spiro atoms. The number of rotatable bonds is 12. The maximum Gasteiger partial charge on any atom is 0.280 e. The molecule has 6 heterocycles. The smallest absolute Gasteiger partial charge is 0.280 e. The summed E-state index contributed by atoms with van der Waals surface area (Å²) in [5.74, 6) is 0.911. The Morgan fingerprint density at radius 3 is 2.54 bits per heavy atom. The second-order valence-electron chi connectivity index (χ2n) is 16.2. The fraction of sp³-hybridized carbons (Fsp3) is 0.500. The first-order valence-corrected chi connectivity index (χ1v) is 19.8. The molecule has 1 saturated carbocycles. The number of nitrogens with zero attached hydrogens (tertiary/aromatic N) is 5. The first kappa shape index (κ1) is 37.9. The lowest BCUT2D eigenvalue weighted by Gasteiger charge is -2.54. The molecule has 3 aromatic heterocycles. The SMILES string of the molecule is CC(C)Oc1cc2nc(C3CCC(CN4CC5(CCCN5Cc5ccc(OC6CCC(=O)NC6=O)cc5)C4)CC3)cn2cc1C(=O)Nc1cccc(C(F)F)n1. The number of pyridine rings is 2. The maximum absolute atomic E-state index is 13.4. The van der Waals surface area contributed by atoms with Gasteiger partial charge in [-0.15, -0.1) is 0 Å². The molecule has 3 amide bonds. The molecule has 3 saturated heterocycles. The van der Waals surface area contributed by atoms with Gasteiger partial charge in [-0.25, -0.2) is 18.7 Å². The van der Waals surface area contributed by atoms with Gasteiger partial charge in [-0.1, -0.05) is 18.2 Å². The van der Waals surface area contributed by atoms with Gasteiger partial charge in [-0.3, -0.25) is 29.5 Å². The molecule has 1 atom stereocenters. The lowest BCUT2D eigenvalue weighted by molar-refractivity contribution is -0.138. The molecule has 56 heavy (non-hydrogen) atoms. The number of piperidine rings is 1. The van der Waals surface area contributed by atoms with Crippen LogP contribution < -0.4 is 20.1 Å². The topological polar surface area (TPSA) is 130 Å². The average molecular weight is 770 g/mol. The van der Waals surface area contributed by atoms with Crippen molar-refractivity contribution in [3.05, 3.63) is 83.4 Å². The summed E-state index contributed by atoms with van der Waals surface area (Å²) in [6.45, 7) is 9.05. The number of anilines is 1. The molecule has 1 unspecified atom stereocenters. The van der Waals surface area contributed by atoms with Gasteiger partial charge in [0, 0.05) is 68.9 Å². The minimum Gasteiger partial charge on any atom is -0.490 e. The molecular formula is C42H49F2N7O5. The zero-order chi connectivity index (χ0) is 39.0. The van der Waals surface area contributed by atoms with Crippen LogP contribution in [0.2, 0.25) is 0 Å². The van der Waals surface area contributed by atoms with E-state index in [1.165, 1.54) is 36.6 Å². The Morgan fingerprint density at radius 1 is 1.02 bits per heavy atom. The van der Waals surface area contributed by atoms with Gasteiger partial charge in [0.15, 0.2) is 6.10 Å². The Labute approximate surface area is 325 Å². The number of imidazole rings is 1. The van der Waals surface area contributed by atoms with Crippen molar-refractivity contribution in [2.24, 2.45) is 5.92 Å². The summed E-state index contributed by atoms with van der Waals surface area (Å²) in [7, 11) is 0. The number of imide groups is 1. The minimum atomic E-state index is -2.74. The number of amides is 3. The highest BCUT2D eigenvalue weighted by Crippen LogP contribution is 2.42. The van der Waals surface area contributed by atoms with E-state index < -0.39 is 24.1 Å². The fourth-order valence-electron chi connectivity index (χ4n) is 8.94. The second-order valence-corrected chi connectivity index (χ2v) is 16.2. The Kier molecular flexibility index (Phi) is 10.8. The van der Waals surface area contributed by atoms with Crippen molar-refractivity contribution in [2.75, 3.05) is 31.5 Å². The maximum atomic E-state index is 13.4. The summed E-state index contributed by atoms with van der Waals surface area (Å²) < 4.78 is 40.2. The summed E-state index contributed by atoms with van der Waals surface area (Å²) in [6.07, 6.45) is 7.62. The van der Waals surface area contributed by atoms with Gasteiger partial charge in [0.05, 0.1) is 17.4 Å². The van der Waals surface area contributed by atoms with E-state index in [1.807, 2.05) is 36.6 Å². The molecule has 8 rings (SSSR count). The van der Waals surface area contributed by atoms with Gasteiger partial charge in [-0.2, -0.15) is 0 Å². The fourth-order valence-corrected chi connectivity index (χ4v) is 8.94. The largest absolute Gasteiger partial charge is 0.490 e. The minimum absolute atomic E-state index is 0.0450. The van der Waals surface area contributed by atoms with E-state index >= 15 is 0 Å². The highest BCUT2D eigenvalue weighted by Gasteiger charge is 2.50. The molecule has 296 valence electrons. The van der Waals surface area contributed by atoms with Crippen LogP contribution >= 0.6 is 0 Å². The van der Waals surface area contributed by atoms with Crippen LogP contribution in [0.4, 0.5) is 14.6 Å². The van der Waals surface area contributed by atoms with Gasteiger partial charge < -0.3 is 19.2 Å². The third kappa shape index (κ3) is 8.27. The van der Waals surface area contributed by atoms with Crippen LogP contribution in [-0.4, -0.2) is 85.8 Å². The van der Waals surface area contributed by atoms with Gasteiger partial charge >= 0.3 is 0 Å². The number of ether oxygens (including phenoxy) is 2. The van der Waals surface area contributed by atoms with E-state index in [0.29, 0.717) is 41.8 Å². The Morgan fingerprint density at radius 2 is 1.80 bits per heavy atom. The van der Waals surface area contributed by atoms with Gasteiger partial charge in [0.1, 0.15) is 28.7 Å². The standard InChI is InChI=1S/C42H49F2N7O5/c1-26(2)55-35-19-37-46-33(23-50(37)22-31(35)40(53)47-36-6-3-5-32(45-36)39(43)44)29-11-7-27(8-12-29)20-49-24-42(25-49)17-4-18-51(42)21-28-9-13-30(14-10-28)56-34-15-16-38(52)48-41(34)54/h3,5-6,9-10,13-14,19,22-23,26-27,29,34,39H,4,7-8,11-12,15-18,20-21,24-25H2,1-2H3,(H,45,47,53)(H,48,52,54). The number of fused-ring (bicyclic) bond motifs is 1. The third-order valence-corrected chi connectivity index (χ3v) is 11.7. The normalized spacial score (nSPS) is 22.8. The first-order valence-electron chi connectivity index (χ1n) is 19.8. The van der Waals surface area contributed by atoms with E-state index in [2.05, 4.69) is 37.6 Å². The Balaban J connectivity index is 0.838. The molecule has 4 fully saturated rings. The van der Waals surface area contributed by atoms with Crippen LogP contribution in [0.5, 0.6) is 11.5 Å². The Bertz CT molecular complexity index is 2080. The monoisotopic (exact) mass is 769 g/mol. The Hall–Kier alpha value is -4.95. The highest BCUT2D eigenvalue weighted by atomic mass is 19.3. The number of alkyl halides is 2. The molecule has 3 aliphatic heterocycles. The van der Waals surface area contributed by atoms with Crippen LogP contribution in [0.25, 0.3) is 5.65 Å². The molecule has 0 bridgehead atoms. The summed E-state index contributed by atoms with van der Waals surface area (Å²) in [6, 6.07) is 13.9. The van der Waals surface area contributed by atoms with Crippen LogP contribution in [0.1, 0.15) is 105 Å². The first-order chi connectivity index (χ1) is 27.0. The summed E-state index contributed by atoms with van der Waals surface area (Å²) in [4.78, 5) is 51.1. The number of carbonyl (C=O) groups is 3. The molecule has 1 aromatic carbocycles. The number of nitrogens with one attached hydrogen (secondary N) is 2. The molecule has 12 nitrogen and oxygen atoms in total. The van der Waals surface area contributed by atoms with Crippen LogP contribution in [0, 0.1) is 5.92 Å². The van der Waals surface area contributed by atoms with Crippen molar-refractivity contribution in [1.29, 1.82) is 0 Å².